The fourth-order valence-corrected chi connectivity index (χ4v) is 2.79. The molecule has 1 amide bonds. The Hall–Kier alpha value is -3.14. The van der Waals surface area contributed by atoms with Crippen molar-refractivity contribution in [2.24, 2.45) is 13.0 Å². The molecule has 0 aromatic carbocycles. The third-order valence-electron chi connectivity index (χ3n) is 4.17. The standard InChI is InChI=1S/C16H14N6O/c1-20-6-2-3-13(20)15-19-18-14-5-4-12(10-22(14)15)16(23)21-8-11(7-17)9-21/h2-6,10-11H,8-9H2,1H3. The minimum atomic E-state index is -0.0649. The lowest BCUT2D eigenvalue weighted by atomic mass is 10.0. The minimum absolute atomic E-state index is 0.0449. The van der Waals surface area contributed by atoms with Crippen LogP contribution in [0.5, 0.6) is 0 Å². The van der Waals surface area contributed by atoms with Gasteiger partial charge in [0.15, 0.2) is 11.5 Å². The third kappa shape index (κ3) is 2.07. The summed E-state index contributed by atoms with van der Waals surface area (Å²) in [6.45, 7) is 1.00. The fourth-order valence-electron chi connectivity index (χ4n) is 2.79. The van der Waals surface area contributed by atoms with Crippen LogP contribution in [0.1, 0.15) is 10.4 Å². The SMILES string of the molecule is Cn1cccc1-c1nnc2ccc(C(=O)N3CC(C#N)C3)cn12. The molecule has 0 spiro atoms. The molecule has 0 aliphatic carbocycles. The van der Waals surface area contributed by atoms with E-state index < -0.39 is 0 Å². The number of amides is 1. The number of aromatic nitrogens is 4. The molecule has 1 saturated heterocycles. The molecule has 3 aromatic heterocycles. The Bertz CT molecular complexity index is 941. The van der Waals surface area contributed by atoms with E-state index in [1.165, 1.54) is 0 Å². The molecule has 0 saturated carbocycles. The van der Waals surface area contributed by atoms with Crippen molar-refractivity contribution in [3.05, 3.63) is 42.2 Å². The number of rotatable bonds is 2. The maximum absolute atomic E-state index is 12.5. The van der Waals surface area contributed by atoms with Crippen molar-refractivity contribution in [1.29, 1.82) is 5.26 Å². The molecule has 7 nitrogen and oxygen atoms in total. The molecule has 0 unspecified atom stereocenters. The number of aryl methyl sites for hydroxylation is 1. The quantitative estimate of drug-likeness (QED) is 0.715. The molecule has 1 aliphatic rings. The van der Waals surface area contributed by atoms with Crippen molar-refractivity contribution < 1.29 is 4.79 Å². The first kappa shape index (κ1) is 13.5. The van der Waals surface area contributed by atoms with Crippen LogP contribution in [0, 0.1) is 17.2 Å². The number of likely N-dealkylation sites (tertiary alicyclic amines) is 1. The van der Waals surface area contributed by atoms with Gasteiger partial charge in [0, 0.05) is 32.5 Å². The van der Waals surface area contributed by atoms with Gasteiger partial charge >= 0.3 is 0 Å². The van der Waals surface area contributed by atoms with E-state index in [0.29, 0.717) is 30.1 Å². The summed E-state index contributed by atoms with van der Waals surface area (Å²) >= 11 is 0. The Balaban J connectivity index is 1.72. The van der Waals surface area contributed by atoms with Gasteiger partial charge in [-0.25, -0.2) is 0 Å². The average molecular weight is 306 g/mol. The second kappa shape index (κ2) is 4.95. The molecule has 0 radical (unpaired) electrons. The molecule has 0 N–H and O–H groups in total. The molecule has 4 heterocycles. The smallest absolute Gasteiger partial charge is 0.255 e. The maximum Gasteiger partial charge on any atom is 0.255 e. The van der Waals surface area contributed by atoms with Gasteiger partial charge in [-0.1, -0.05) is 0 Å². The van der Waals surface area contributed by atoms with Crippen LogP contribution in [0.15, 0.2) is 36.7 Å². The highest BCUT2D eigenvalue weighted by Crippen LogP contribution is 2.21. The number of fused-ring (bicyclic) bond motifs is 1. The third-order valence-corrected chi connectivity index (χ3v) is 4.17. The largest absolute Gasteiger partial charge is 0.348 e. The predicted molar refractivity (Wildman–Crippen MR) is 82.4 cm³/mol. The second-order valence-corrected chi connectivity index (χ2v) is 5.71. The molecule has 4 rings (SSSR count). The van der Waals surface area contributed by atoms with E-state index >= 15 is 0 Å². The first-order valence-electron chi connectivity index (χ1n) is 7.33. The van der Waals surface area contributed by atoms with Crippen LogP contribution in [-0.2, 0) is 7.05 Å². The molecule has 7 heteroatoms. The Kier molecular flexibility index (Phi) is 2.91. The van der Waals surface area contributed by atoms with Gasteiger partial charge in [0.2, 0.25) is 0 Å². The molecule has 0 atom stereocenters. The predicted octanol–water partition coefficient (Wildman–Crippen LogP) is 1.33. The van der Waals surface area contributed by atoms with E-state index in [0.717, 1.165) is 5.69 Å². The highest BCUT2D eigenvalue weighted by atomic mass is 16.2. The van der Waals surface area contributed by atoms with E-state index in [1.54, 1.807) is 23.2 Å². The van der Waals surface area contributed by atoms with Gasteiger partial charge in [-0.15, -0.1) is 10.2 Å². The average Bonchev–Trinajstić information content (AvgIpc) is 3.11. The summed E-state index contributed by atoms with van der Waals surface area (Å²) in [5, 5.41) is 17.2. The van der Waals surface area contributed by atoms with Crippen molar-refractivity contribution in [1.82, 2.24) is 24.1 Å². The second-order valence-electron chi connectivity index (χ2n) is 5.71. The molecule has 0 bridgehead atoms. The normalized spacial score (nSPS) is 14.7. The monoisotopic (exact) mass is 306 g/mol. The summed E-state index contributed by atoms with van der Waals surface area (Å²) < 4.78 is 3.78. The molecule has 1 fully saturated rings. The van der Waals surface area contributed by atoms with Crippen molar-refractivity contribution in [2.75, 3.05) is 13.1 Å². The number of carbonyl (C=O) groups is 1. The molecule has 3 aromatic rings. The Morgan fingerprint density at radius 1 is 1.30 bits per heavy atom. The highest BCUT2D eigenvalue weighted by Gasteiger charge is 2.31. The lowest BCUT2D eigenvalue weighted by Crippen LogP contribution is -2.49. The summed E-state index contributed by atoms with van der Waals surface area (Å²) in [5.41, 5.74) is 2.19. The Labute approximate surface area is 132 Å². The van der Waals surface area contributed by atoms with Crippen molar-refractivity contribution >= 4 is 11.6 Å². The van der Waals surface area contributed by atoms with Crippen molar-refractivity contribution in [3.8, 4) is 17.6 Å². The molecule has 1 aliphatic heterocycles. The summed E-state index contributed by atoms with van der Waals surface area (Å²) in [4.78, 5) is 14.2. The van der Waals surface area contributed by atoms with E-state index in [-0.39, 0.29) is 11.8 Å². The highest BCUT2D eigenvalue weighted by molar-refractivity contribution is 5.95. The molecular weight excluding hydrogens is 292 g/mol. The summed E-state index contributed by atoms with van der Waals surface area (Å²) in [7, 11) is 1.94. The molecule has 23 heavy (non-hydrogen) atoms. The number of carbonyl (C=O) groups excluding carboxylic acids is 1. The van der Waals surface area contributed by atoms with Crippen LogP contribution in [0.3, 0.4) is 0 Å². The fraction of sp³-hybridized carbons (Fsp3) is 0.250. The van der Waals surface area contributed by atoms with Crippen LogP contribution < -0.4 is 0 Å². The van der Waals surface area contributed by atoms with E-state index in [4.69, 9.17) is 5.26 Å². The number of hydrogen-bond donors (Lipinski definition) is 0. The number of hydrogen-bond acceptors (Lipinski definition) is 4. The molecular formula is C16H14N6O. The zero-order valence-electron chi connectivity index (χ0n) is 12.5. The number of nitrogens with zero attached hydrogens (tertiary/aromatic N) is 6. The van der Waals surface area contributed by atoms with Gasteiger partial charge in [-0.2, -0.15) is 5.26 Å². The summed E-state index contributed by atoms with van der Waals surface area (Å²) in [5.74, 6) is 0.585. The first-order chi connectivity index (χ1) is 11.2. The van der Waals surface area contributed by atoms with E-state index in [9.17, 15) is 4.79 Å². The van der Waals surface area contributed by atoms with Gasteiger partial charge in [0.25, 0.3) is 5.91 Å². The minimum Gasteiger partial charge on any atom is -0.348 e. The molecule has 114 valence electrons. The van der Waals surface area contributed by atoms with Crippen molar-refractivity contribution in [3.63, 3.8) is 0 Å². The van der Waals surface area contributed by atoms with E-state index in [1.807, 2.05) is 34.3 Å². The Morgan fingerprint density at radius 3 is 2.83 bits per heavy atom. The van der Waals surface area contributed by atoms with Crippen LogP contribution >= 0.6 is 0 Å². The number of nitriles is 1. The number of pyridine rings is 1. The van der Waals surface area contributed by atoms with Crippen LogP contribution in [0.4, 0.5) is 0 Å². The lowest BCUT2D eigenvalue weighted by molar-refractivity contribution is 0.0577. The van der Waals surface area contributed by atoms with E-state index in [2.05, 4.69) is 16.3 Å². The zero-order chi connectivity index (χ0) is 16.0. The lowest BCUT2D eigenvalue weighted by Gasteiger charge is -2.35. The van der Waals surface area contributed by atoms with Gasteiger partial charge in [-0.05, 0) is 24.3 Å². The maximum atomic E-state index is 12.5. The van der Waals surface area contributed by atoms with Crippen LogP contribution in [0.25, 0.3) is 17.2 Å². The first-order valence-corrected chi connectivity index (χ1v) is 7.33. The summed E-state index contributed by atoms with van der Waals surface area (Å²) in [6.07, 6.45) is 3.70. The van der Waals surface area contributed by atoms with Gasteiger partial charge in [0.1, 0.15) is 0 Å². The Morgan fingerprint density at radius 2 is 2.13 bits per heavy atom. The van der Waals surface area contributed by atoms with Crippen molar-refractivity contribution in [2.45, 2.75) is 0 Å². The zero-order valence-corrected chi connectivity index (χ0v) is 12.5. The van der Waals surface area contributed by atoms with Crippen LogP contribution in [-0.4, -0.2) is 43.1 Å². The summed E-state index contributed by atoms with van der Waals surface area (Å²) in [6, 6.07) is 9.61. The van der Waals surface area contributed by atoms with Gasteiger partial charge < -0.3 is 9.47 Å². The van der Waals surface area contributed by atoms with Gasteiger partial charge in [-0.3, -0.25) is 9.20 Å². The topological polar surface area (TPSA) is 79.2 Å². The van der Waals surface area contributed by atoms with Crippen LogP contribution in [0.2, 0.25) is 0 Å². The van der Waals surface area contributed by atoms with Gasteiger partial charge in [0.05, 0.1) is 23.2 Å².